The van der Waals surface area contributed by atoms with Crippen LogP contribution in [0.3, 0.4) is 0 Å². The highest BCUT2D eigenvalue weighted by atomic mass is 15.0. The molecule has 0 atom stereocenters. The molecule has 8 aromatic carbocycles. The zero-order valence-corrected chi connectivity index (χ0v) is 29.4. The summed E-state index contributed by atoms with van der Waals surface area (Å²) >= 11 is 0. The lowest BCUT2D eigenvalue weighted by atomic mass is 9.13. The number of hydrogen-bond acceptors (Lipinski definition) is 0. The second-order valence-electron chi connectivity index (χ2n) is 14.0. The van der Waals surface area contributed by atoms with Crippen LogP contribution in [-0.4, -0.2) is 23.0 Å². The molecule has 1 nitrogen and oxygen atoms in total. The van der Waals surface area contributed by atoms with Gasteiger partial charge >= 0.3 is 0 Å². The van der Waals surface area contributed by atoms with E-state index >= 15 is 0 Å². The van der Waals surface area contributed by atoms with E-state index in [0.29, 0.717) is 6.04 Å². The maximum atomic E-state index is 2.45. The lowest BCUT2D eigenvalue weighted by Crippen LogP contribution is -2.74. The van der Waals surface area contributed by atoms with Gasteiger partial charge in [-0.05, 0) is 41.5 Å². The Balaban J connectivity index is 0.000000147. The van der Waals surface area contributed by atoms with Crippen LogP contribution in [0.5, 0.6) is 0 Å². The van der Waals surface area contributed by atoms with Crippen molar-refractivity contribution in [3.63, 3.8) is 0 Å². The fourth-order valence-corrected chi connectivity index (χ4v) is 8.29. The number of fused-ring (bicyclic) bond motifs is 7. The van der Waals surface area contributed by atoms with E-state index < -0.39 is 6.15 Å². The maximum Gasteiger partial charge on any atom is 0.171 e. The zero-order chi connectivity index (χ0) is 34.6. The predicted molar refractivity (Wildman–Crippen MR) is 221 cm³/mol. The summed E-state index contributed by atoms with van der Waals surface area (Å²) in [4.78, 5) is 0. The molecule has 8 aromatic rings. The summed E-state index contributed by atoms with van der Waals surface area (Å²) in [6.07, 6.45) is 1.13. The second-order valence-corrected chi connectivity index (χ2v) is 14.0. The Labute approximate surface area is 302 Å². The van der Waals surface area contributed by atoms with Crippen LogP contribution in [0.25, 0.3) is 32.7 Å². The Morgan fingerprint density at radius 1 is 0.412 bits per heavy atom. The van der Waals surface area contributed by atoms with Gasteiger partial charge in [0.25, 0.3) is 0 Å². The first-order valence-electron chi connectivity index (χ1n) is 18.2. The first-order chi connectivity index (χ1) is 25.1. The van der Waals surface area contributed by atoms with Crippen LogP contribution >= 0.6 is 0 Å². The Morgan fingerprint density at radius 2 is 0.804 bits per heavy atom. The largest absolute Gasteiger partial charge is 0.229 e. The zero-order valence-electron chi connectivity index (χ0n) is 29.4. The van der Waals surface area contributed by atoms with Gasteiger partial charge in [-0.1, -0.05) is 188 Å². The molecule has 9 rings (SSSR count). The molecule has 0 spiro atoms. The highest BCUT2D eigenvalue weighted by Gasteiger charge is 2.31. The van der Waals surface area contributed by atoms with Gasteiger partial charge in [0, 0.05) is 22.3 Å². The molecule has 0 amide bonds. The summed E-state index contributed by atoms with van der Waals surface area (Å²) in [5.41, 5.74) is 10.8. The van der Waals surface area contributed by atoms with E-state index in [1.165, 1.54) is 65.6 Å². The van der Waals surface area contributed by atoms with Crippen LogP contribution < -0.4 is 21.9 Å². The third-order valence-corrected chi connectivity index (χ3v) is 10.7. The molecule has 0 aromatic heterocycles. The molecular formula is C49H42BN. The Bertz CT molecular complexity index is 2290. The van der Waals surface area contributed by atoms with Gasteiger partial charge in [0.15, 0.2) is 12.8 Å². The fraction of sp³-hybridized carbons (Fsp3) is 0.0816. The minimum atomic E-state index is -1.22. The van der Waals surface area contributed by atoms with Gasteiger partial charge in [0.05, 0.1) is 0 Å². The maximum absolute atomic E-state index is 2.45. The highest BCUT2D eigenvalue weighted by Crippen LogP contribution is 2.40. The van der Waals surface area contributed by atoms with Crippen molar-refractivity contribution >= 4 is 55.8 Å². The van der Waals surface area contributed by atoms with Crippen LogP contribution in [0.15, 0.2) is 194 Å². The van der Waals surface area contributed by atoms with E-state index in [-0.39, 0.29) is 0 Å². The Kier molecular flexibility index (Phi) is 8.91. The summed E-state index contributed by atoms with van der Waals surface area (Å²) < 4.78 is 2.45. The van der Waals surface area contributed by atoms with Gasteiger partial charge in [0.2, 0.25) is 0 Å². The van der Waals surface area contributed by atoms with Crippen molar-refractivity contribution in [2.45, 2.75) is 26.4 Å². The van der Waals surface area contributed by atoms with Gasteiger partial charge < -0.3 is 0 Å². The second kappa shape index (κ2) is 14.1. The SMILES string of the molecule is CC(C)[N+]1=Cc2ccc3ccccc3c2-c2c(ccc3ccccc23)C1.c1ccc([B-](c2ccccc2)(c2ccccc2)c2ccccc2)cc1. The molecule has 2 heteroatoms. The van der Waals surface area contributed by atoms with Crippen LogP contribution in [0.1, 0.15) is 25.0 Å². The standard InChI is InChI=1S/C25H22N.C24H20B/c1-17(2)26-15-20-13-11-18-7-3-5-9-22(18)24(20)25-21(16-26)14-12-19-8-4-6-10-23(19)25;1-5-13-21(14-6-1)25(22-15-7-2-8-16-22,23-17-9-3-10-18-23)24-19-11-4-12-20-24/h3-15,17H,16H2,1-2H3;1-20H/q+1;-1. The molecule has 0 unspecified atom stereocenters. The van der Waals surface area contributed by atoms with E-state index in [0.717, 1.165) is 6.54 Å². The smallest absolute Gasteiger partial charge is 0.171 e. The first-order valence-corrected chi connectivity index (χ1v) is 18.2. The van der Waals surface area contributed by atoms with Gasteiger partial charge in [-0.3, -0.25) is 0 Å². The van der Waals surface area contributed by atoms with Crippen molar-refractivity contribution in [1.82, 2.24) is 0 Å². The number of hydrogen-bond donors (Lipinski definition) is 0. The van der Waals surface area contributed by atoms with Gasteiger partial charge in [0.1, 0.15) is 12.2 Å². The summed E-state index contributed by atoms with van der Waals surface area (Å²) in [6, 6.07) is 70.6. The third-order valence-electron chi connectivity index (χ3n) is 10.7. The Morgan fingerprint density at radius 3 is 1.25 bits per heavy atom. The van der Waals surface area contributed by atoms with Crippen molar-refractivity contribution in [2.24, 2.45) is 0 Å². The fourth-order valence-electron chi connectivity index (χ4n) is 8.29. The molecule has 246 valence electrons. The van der Waals surface area contributed by atoms with Crippen LogP contribution in [0.2, 0.25) is 0 Å². The van der Waals surface area contributed by atoms with Gasteiger partial charge in [-0.25, -0.2) is 4.58 Å². The van der Waals surface area contributed by atoms with Crippen molar-refractivity contribution in [3.05, 3.63) is 205 Å². The third kappa shape index (κ3) is 5.98. The van der Waals surface area contributed by atoms with E-state index in [9.17, 15) is 0 Å². The van der Waals surface area contributed by atoms with E-state index in [4.69, 9.17) is 0 Å². The number of nitrogens with zero attached hydrogens (tertiary/aromatic N) is 1. The molecule has 0 radical (unpaired) electrons. The van der Waals surface area contributed by atoms with Crippen molar-refractivity contribution in [2.75, 3.05) is 0 Å². The molecule has 0 aliphatic carbocycles. The van der Waals surface area contributed by atoms with Crippen LogP contribution in [-0.2, 0) is 6.54 Å². The van der Waals surface area contributed by atoms with Crippen molar-refractivity contribution in [1.29, 1.82) is 0 Å². The van der Waals surface area contributed by atoms with Crippen molar-refractivity contribution < 1.29 is 4.58 Å². The van der Waals surface area contributed by atoms with Gasteiger partial charge in [-0.2, -0.15) is 21.9 Å². The lowest BCUT2D eigenvalue weighted by Gasteiger charge is -2.44. The Hall–Kier alpha value is -5.99. The molecule has 0 N–H and O–H groups in total. The van der Waals surface area contributed by atoms with Crippen molar-refractivity contribution in [3.8, 4) is 11.1 Å². The first kappa shape index (κ1) is 32.2. The average molecular weight is 656 g/mol. The minimum Gasteiger partial charge on any atom is -0.229 e. The molecule has 0 bridgehead atoms. The molecule has 1 heterocycles. The number of benzene rings is 8. The molecule has 1 aliphatic heterocycles. The normalized spacial score (nSPS) is 12.3. The summed E-state index contributed by atoms with van der Waals surface area (Å²) in [7, 11) is 0. The molecular weight excluding hydrogens is 613 g/mol. The number of rotatable bonds is 5. The highest BCUT2D eigenvalue weighted by molar-refractivity contribution is 7.19. The quantitative estimate of drug-likeness (QED) is 0.129. The minimum absolute atomic E-state index is 0.465. The van der Waals surface area contributed by atoms with E-state index in [1.54, 1.807) is 0 Å². The van der Waals surface area contributed by atoms with Crippen LogP contribution in [0.4, 0.5) is 0 Å². The average Bonchev–Trinajstić information content (AvgIpc) is 3.38. The van der Waals surface area contributed by atoms with Crippen LogP contribution in [0, 0.1) is 0 Å². The summed E-state index contributed by atoms with van der Waals surface area (Å²) in [5, 5.41) is 5.30. The molecule has 0 saturated heterocycles. The topological polar surface area (TPSA) is 3.01 Å². The molecule has 51 heavy (non-hydrogen) atoms. The summed E-state index contributed by atoms with van der Waals surface area (Å²) in [5.74, 6) is 0. The molecule has 0 fully saturated rings. The van der Waals surface area contributed by atoms with E-state index in [2.05, 4.69) is 219 Å². The molecule has 1 aliphatic rings. The summed E-state index contributed by atoms with van der Waals surface area (Å²) in [6.45, 7) is 5.48. The lowest BCUT2D eigenvalue weighted by molar-refractivity contribution is -0.569. The monoisotopic (exact) mass is 655 g/mol. The van der Waals surface area contributed by atoms with Gasteiger partial charge in [-0.15, -0.1) is 0 Å². The predicted octanol–water partition coefficient (Wildman–Crippen LogP) is 9.08. The van der Waals surface area contributed by atoms with E-state index in [1.807, 2.05) is 0 Å². The molecule has 0 saturated carbocycles.